The van der Waals surface area contributed by atoms with Gasteiger partial charge in [-0.1, -0.05) is 30.2 Å². The summed E-state index contributed by atoms with van der Waals surface area (Å²) in [7, 11) is 0. The summed E-state index contributed by atoms with van der Waals surface area (Å²) in [5.41, 5.74) is 4.55. The van der Waals surface area contributed by atoms with Crippen LogP contribution in [0.25, 0.3) is 16.9 Å². The number of fused-ring (bicyclic) bond motifs is 1. The lowest BCUT2D eigenvalue weighted by atomic mass is 10.1. The Morgan fingerprint density at radius 3 is 2.67 bits per heavy atom. The molecule has 0 saturated heterocycles. The van der Waals surface area contributed by atoms with Gasteiger partial charge < -0.3 is 0 Å². The van der Waals surface area contributed by atoms with Crippen molar-refractivity contribution in [3.63, 3.8) is 0 Å². The van der Waals surface area contributed by atoms with E-state index in [-0.39, 0.29) is 0 Å². The summed E-state index contributed by atoms with van der Waals surface area (Å²) in [6, 6.07) is 11.0. The van der Waals surface area contributed by atoms with Crippen molar-refractivity contribution in [1.29, 1.82) is 0 Å². The summed E-state index contributed by atoms with van der Waals surface area (Å²) in [5, 5.41) is 11.2. The smallest absolute Gasteiger partial charge is 0.154 e. The van der Waals surface area contributed by atoms with Crippen molar-refractivity contribution < 1.29 is 4.79 Å². The minimum atomic E-state index is 0.633. The number of aromatic amines is 1. The van der Waals surface area contributed by atoms with Gasteiger partial charge in [-0.05, 0) is 18.1 Å². The zero-order chi connectivity index (χ0) is 16.4. The van der Waals surface area contributed by atoms with Gasteiger partial charge in [-0.2, -0.15) is 10.2 Å². The quantitative estimate of drug-likeness (QED) is 0.455. The van der Waals surface area contributed by atoms with Crippen LogP contribution in [0.4, 0.5) is 0 Å². The van der Waals surface area contributed by atoms with Gasteiger partial charge in [0, 0.05) is 17.3 Å². The standard InChI is InChI=1S/C18H11N5O/c24-12-13-1-4-15(5-2-13)17-7-8-18-19-11-16(23(18)22-17)6-3-14-9-20-21-10-14/h1-2,4-5,7-12H,(H,20,21). The third-order valence-electron chi connectivity index (χ3n) is 3.54. The maximum Gasteiger partial charge on any atom is 0.154 e. The van der Waals surface area contributed by atoms with Crippen LogP contribution in [0.1, 0.15) is 21.6 Å². The number of hydrogen-bond donors (Lipinski definition) is 1. The largest absolute Gasteiger partial charge is 0.298 e. The monoisotopic (exact) mass is 313 g/mol. The van der Waals surface area contributed by atoms with E-state index < -0.39 is 0 Å². The molecule has 0 radical (unpaired) electrons. The fourth-order valence-corrected chi connectivity index (χ4v) is 2.30. The first-order valence-electron chi connectivity index (χ1n) is 7.25. The van der Waals surface area contributed by atoms with Gasteiger partial charge in [0.05, 0.1) is 23.7 Å². The molecule has 1 N–H and O–H groups in total. The minimum absolute atomic E-state index is 0.633. The van der Waals surface area contributed by atoms with Crippen molar-refractivity contribution in [2.24, 2.45) is 0 Å². The van der Waals surface area contributed by atoms with Gasteiger partial charge in [0.1, 0.15) is 12.0 Å². The molecule has 24 heavy (non-hydrogen) atoms. The average molecular weight is 313 g/mol. The predicted molar refractivity (Wildman–Crippen MR) is 88.4 cm³/mol. The van der Waals surface area contributed by atoms with Crippen molar-refractivity contribution in [2.75, 3.05) is 0 Å². The number of aldehydes is 1. The summed E-state index contributed by atoms with van der Waals surface area (Å²) in [6.45, 7) is 0. The number of H-pyrrole nitrogens is 1. The second kappa shape index (κ2) is 5.82. The summed E-state index contributed by atoms with van der Waals surface area (Å²) in [6.07, 6.45) is 5.89. The number of carbonyl (C=O) groups is 1. The normalized spacial score (nSPS) is 10.3. The number of hydrogen-bond acceptors (Lipinski definition) is 4. The molecule has 6 nitrogen and oxygen atoms in total. The maximum absolute atomic E-state index is 10.8. The SMILES string of the molecule is O=Cc1ccc(-c2ccc3ncc(C#Cc4cn[nH]c4)n3n2)cc1. The molecule has 0 bridgehead atoms. The molecule has 0 spiro atoms. The van der Waals surface area contributed by atoms with Crippen LogP contribution >= 0.6 is 0 Å². The average Bonchev–Trinajstić information content (AvgIpc) is 3.29. The first-order valence-corrected chi connectivity index (χ1v) is 7.25. The van der Waals surface area contributed by atoms with Gasteiger partial charge >= 0.3 is 0 Å². The molecule has 0 unspecified atom stereocenters. The first kappa shape index (κ1) is 13.9. The number of carbonyl (C=O) groups excluding carboxylic acids is 1. The Kier molecular flexibility index (Phi) is 3.37. The van der Waals surface area contributed by atoms with E-state index in [0.717, 1.165) is 28.8 Å². The van der Waals surface area contributed by atoms with Crippen LogP contribution in [0.3, 0.4) is 0 Å². The molecule has 1 aromatic carbocycles. The molecule has 4 rings (SSSR count). The molecule has 3 heterocycles. The molecular weight excluding hydrogens is 302 g/mol. The van der Waals surface area contributed by atoms with Gasteiger partial charge in [0.25, 0.3) is 0 Å². The van der Waals surface area contributed by atoms with E-state index in [2.05, 4.69) is 32.1 Å². The molecule has 0 fully saturated rings. The highest BCUT2D eigenvalue weighted by molar-refractivity contribution is 5.76. The highest BCUT2D eigenvalue weighted by atomic mass is 16.1. The van der Waals surface area contributed by atoms with Crippen LogP contribution < -0.4 is 0 Å². The molecule has 6 heteroatoms. The zero-order valence-corrected chi connectivity index (χ0v) is 12.5. The molecule has 3 aromatic heterocycles. The van der Waals surface area contributed by atoms with E-state index in [4.69, 9.17) is 0 Å². The van der Waals surface area contributed by atoms with E-state index in [0.29, 0.717) is 11.3 Å². The second-order valence-corrected chi connectivity index (χ2v) is 5.11. The summed E-state index contributed by atoms with van der Waals surface area (Å²) in [4.78, 5) is 15.1. The van der Waals surface area contributed by atoms with Crippen molar-refractivity contribution in [2.45, 2.75) is 0 Å². The van der Waals surface area contributed by atoms with Crippen molar-refractivity contribution in [3.05, 3.63) is 71.8 Å². The highest BCUT2D eigenvalue weighted by Gasteiger charge is 2.06. The molecule has 0 aliphatic carbocycles. The number of aromatic nitrogens is 5. The zero-order valence-electron chi connectivity index (χ0n) is 12.5. The number of nitrogens with zero attached hydrogens (tertiary/aromatic N) is 4. The van der Waals surface area contributed by atoms with Crippen LogP contribution in [0.2, 0.25) is 0 Å². The molecule has 0 aliphatic heterocycles. The molecule has 0 atom stereocenters. The third-order valence-corrected chi connectivity index (χ3v) is 3.54. The Hall–Kier alpha value is -3.72. The van der Waals surface area contributed by atoms with Crippen LogP contribution in [0.15, 0.2) is 55.0 Å². The molecule has 114 valence electrons. The lowest BCUT2D eigenvalue weighted by Gasteiger charge is -2.02. The van der Waals surface area contributed by atoms with Crippen LogP contribution in [0.5, 0.6) is 0 Å². The second-order valence-electron chi connectivity index (χ2n) is 5.11. The fourth-order valence-electron chi connectivity index (χ4n) is 2.30. The molecular formula is C18H11N5O. The summed E-state index contributed by atoms with van der Waals surface area (Å²) in [5.74, 6) is 6.06. The Morgan fingerprint density at radius 2 is 1.92 bits per heavy atom. The van der Waals surface area contributed by atoms with E-state index in [1.54, 1.807) is 35.2 Å². The van der Waals surface area contributed by atoms with Gasteiger partial charge in [-0.3, -0.25) is 9.89 Å². The van der Waals surface area contributed by atoms with Gasteiger partial charge in [-0.25, -0.2) is 9.50 Å². The van der Waals surface area contributed by atoms with Crippen molar-refractivity contribution in [1.82, 2.24) is 24.8 Å². The molecule has 4 aromatic rings. The summed E-state index contributed by atoms with van der Waals surface area (Å²) >= 11 is 0. The maximum atomic E-state index is 10.8. The first-order chi connectivity index (χ1) is 11.8. The van der Waals surface area contributed by atoms with Gasteiger partial charge in [0.15, 0.2) is 5.65 Å². The number of imidazole rings is 1. The number of rotatable bonds is 2. The lowest BCUT2D eigenvalue weighted by Crippen LogP contribution is -1.97. The minimum Gasteiger partial charge on any atom is -0.298 e. The summed E-state index contributed by atoms with van der Waals surface area (Å²) < 4.78 is 1.70. The Bertz CT molecular complexity index is 1070. The molecule has 0 amide bonds. The fraction of sp³-hybridized carbons (Fsp3) is 0. The van der Waals surface area contributed by atoms with E-state index >= 15 is 0 Å². The molecule has 0 saturated carbocycles. The topological polar surface area (TPSA) is 75.9 Å². The lowest BCUT2D eigenvalue weighted by molar-refractivity contribution is 0.112. The van der Waals surface area contributed by atoms with Crippen LogP contribution in [-0.2, 0) is 0 Å². The van der Waals surface area contributed by atoms with Crippen molar-refractivity contribution in [3.8, 4) is 23.1 Å². The molecule has 0 aliphatic rings. The predicted octanol–water partition coefficient (Wildman–Crippen LogP) is 2.33. The third kappa shape index (κ3) is 2.55. The highest BCUT2D eigenvalue weighted by Crippen LogP contribution is 2.18. The Labute approximate surface area is 137 Å². The number of benzene rings is 1. The van der Waals surface area contributed by atoms with E-state index in [9.17, 15) is 4.79 Å². The number of nitrogens with one attached hydrogen (secondary N) is 1. The van der Waals surface area contributed by atoms with E-state index in [1.807, 2.05) is 24.3 Å². The Balaban J connectivity index is 1.76. The van der Waals surface area contributed by atoms with Crippen molar-refractivity contribution >= 4 is 11.9 Å². The van der Waals surface area contributed by atoms with Crippen LogP contribution in [-0.4, -0.2) is 31.1 Å². The van der Waals surface area contributed by atoms with E-state index in [1.165, 1.54) is 0 Å². The van der Waals surface area contributed by atoms with Crippen LogP contribution in [0, 0.1) is 11.8 Å². The van der Waals surface area contributed by atoms with Gasteiger partial charge in [-0.15, -0.1) is 0 Å². The van der Waals surface area contributed by atoms with Gasteiger partial charge in [0.2, 0.25) is 0 Å². The Morgan fingerprint density at radius 1 is 1.04 bits per heavy atom.